The van der Waals surface area contributed by atoms with E-state index in [9.17, 15) is 4.79 Å². The second-order valence-electron chi connectivity index (χ2n) is 2.59. The number of hydrogen-bond donors (Lipinski definition) is 1. The van der Waals surface area contributed by atoms with Crippen LogP contribution in [0.15, 0.2) is 12.4 Å². The molecule has 0 aromatic carbocycles. The SMILES string of the molecule is COC(C)C(=O)Nc1cc(Cl)ncn1. The van der Waals surface area contributed by atoms with Crippen molar-refractivity contribution in [3.63, 3.8) is 0 Å². The Morgan fingerprint density at radius 3 is 2.93 bits per heavy atom. The number of methoxy groups -OCH3 is 1. The van der Waals surface area contributed by atoms with Gasteiger partial charge in [0.15, 0.2) is 0 Å². The molecule has 1 unspecified atom stereocenters. The lowest BCUT2D eigenvalue weighted by atomic mass is 10.4. The molecule has 76 valence electrons. The topological polar surface area (TPSA) is 64.1 Å². The fourth-order valence-corrected chi connectivity index (χ4v) is 0.884. The smallest absolute Gasteiger partial charge is 0.254 e. The van der Waals surface area contributed by atoms with E-state index >= 15 is 0 Å². The van der Waals surface area contributed by atoms with Gasteiger partial charge in [-0.15, -0.1) is 0 Å². The molecule has 1 aromatic rings. The fraction of sp³-hybridized carbons (Fsp3) is 0.375. The van der Waals surface area contributed by atoms with Crippen molar-refractivity contribution in [3.05, 3.63) is 17.5 Å². The molecule has 1 aromatic heterocycles. The summed E-state index contributed by atoms with van der Waals surface area (Å²) < 4.78 is 4.83. The summed E-state index contributed by atoms with van der Waals surface area (Å²) in [4.78, 5) is 18.8. The third-order valence-electron chi connectivity index (χ3n) is 1.61. The Bertz CT molecular complexity index is 332. The maximum atomic E-state index is 11.3. The maximum Gasteiger partial charge on any atom is 0.254 e. The fourth-order valence-electron chi connectivity index (χ4n) is 0.737. The van der Waals surface area contributed by atoms with Gasteiger partial charge in [0.05, 0.1) is 0 Å². The van der Waals surface area contributed by atoms with Gasteiger partial charge in [0.25, 0.3) is 5.91 Å². The molecule has 0 saturated carbocycles. The van der Waals surface area contributed by atoms with Crippen molar-refractivity contribution in [2.75, 3.05) is 12.4 Å². The number of ether oxygens (including phenoxy) is 1. The monoisotopic (exact) mass is 215 g/mol. The highest BCUT2D eigenvalue weighted by molar-refractivity contribution is 6.29. The zero-order valence-electron chi connectivity index (χ0n) is 7.82. The average Bonchev–Trinajstić information content (AvgIpc) is 2.16. The molecule has 0 saturated heterocycles. The highest BCUT2D eigenvalue weighted by atomic mass is 35.5. The Morgan fingerprint density at radius 2 is 2.36 bits per heavy atom. The first-order valence-electron chi connectivity index (χ1n) is 3.94. The van der Waals surface area contributed by atoms with E-state index in [1.807, 2.05) is 0 Å². The predicted octanol–water partition coefficient (Wildman–Crippen LogP) is 1.10. The number of nitrogens with one attached hydrogen (secondary N) is 1. The molecule has 1 atom stereocenters. The first-order valence-corrected chi connectivity index (χ1v) is 4.32. The molecule has 1 amide bonds. The third-order valence-corrected chi connectivity index (χ3v) is 1.81. The van der Waals surface area contributed by atoms with Crippen LogP contribution in [0, 0.1) is 0 Å². The zero-order chi connectivity index (χ0) is 10.6. The lowest BCUT2D eigenvalue weighted by molar-refractivity contribution is -0.124. The lowest BCUT2D eigenvalue weighted by Crippen LogP contribution is -2.26. The van der Waals surface area contributed by atoms with Crippen LogP contribution >= 0.6 is 11.6 Å². The van der Waals surface area contributed by atoms with Crippen LogP contribution in [0.3, 0.4) is 0 Å². The van der Waals surface area contributed by atoms with Crippen molar-refractivity contribution in [3.8, 4) is 0 Å². The zero-order valence-corrected chi connectivity index (χ0v) is 8.58. The number of carbonyl (C=O) groups excluding carboxylic acids is 1. The van der Waals surface area contributed by atoms with Crippen molar-refractivity contribution in [1.82, 2.24) is 9.97 Å². The summed E-state index contributed by atoms with van der Waals surface area (Å²) >= 11 is 5.61. The molecule has 1 heterocycles. The summed E-state index contributed by atoms with van der Waals surface area (Å²) in [5.74, 6) is 0.0844. The van der Waals surface area contributed by atoms with Gasteiger partial charge >= 0.3 is 0 Å². The van der Waals surface area contributed by atoms with Gasteiger partial charge in [-0.3, -0.25) is 4.79 Å². The van der Waals surface area contributed by atoms with E-state index in [4.69, 9.17) is 16.3 Å². The normalized spacial score (nSPS) is 12.2. The summed E-state index contributed by atoms with van der Waals surface area (Å²) in [6.45, 7) is 1.64. The molecule has 0 bridgehead atoms. The number of carbonyl (C=O) groups is 1. The quantitative estimate of drug-likeness (QED) is 0.767. The number of anilines is 1. The van der Waals surface area contributed by atoms with E-state index in [0.29, 0.717) is 5.82 Å². The summed E-state index contributed by atoms with van der Waals surface area (Å²) in [6, 6.07) is 1.46. The first kappa shape index (κ1) is 10.9. The van der Waals surface area contributed by atoms with Gasteiger partial charge in [0.2, 0.25) is 0 Å². The molecular formula is C8H10ClN3O2. The minimum absolute atomic E-state index is 0.276. The molecule has 0 fully saturated rings. The number of halogens is 1. The van der Waals surface area contributed by atoms with Crippen LogP contribution in [0.5, 0.6) is 0 Å². The minimum Gasteiger partial charge on any atom is -0.372 e. The van der Waals surface area contributed by atoms with E-state index < -0.39 is 6.10 Å². The Hall–Kier alpha value is -1.20. The van der Waals surface area contributed by atoms with Crippen LogP contribution in [-0.4, -0.2) is 29.1 Å². The molecule has 0 aliphatic carbocycles. The standard InChI is InChI=1S/C8H10ClN3O2/c1-5(14-2)8(13)12-7-3-6(9)10-4-11-7/h3-5H,1-2H3,(H,10,11,12,13). The molecule has 14 heavy (non-hydrogen) atoms. The van der Waals surface area contributed by atoms with Gasteiger partial charge in [-0.05, 0) is 6.92 Å². The molecule has 1 N–H and O–H groups in total. The van der Waals surface area contributed by atoms with Crippen molar-refractivity contribution < 1.29 is 9.53 Å². The third kappa shape index (κ3) is 2.93. The number of amides is 1. The lowest BCUT2D eigenvalue weighted by Gasteiger charge is -2.09. The van der Waals surface area contributed by atoms with Crippen LogP contribution in [0.2, 0.25) is 5.15 Å². The predicted molar refractivity (Wildman–Crippen MR) is 52.1 cm³/mol. The Labute approximate surface area is 86.5 Å². The number of hydrogen-bond acceptors (Lipinski definition) is 4. The highest BCUT2D eigenvalue weighted by Gasteiger charge is 2.11. The molecule has 5 nitrogen and oxygen atoms in total. The second-order valence-corrected chi connectivity index (χ2v) is 2.98. The first-order chi connectivity index (χ1) is 6.63. The van der Waals surface area contributed by atoms with E-state index in [2.05, 4.69) is 15.3 Å². The largest absolute Gasteiger partial charge is 0.372 e. The van der Waals surface area contributed by atoms with E-state index in [1.165, 1.54) is 19.5 Å². The highest BCUT2D eigenvalue weighted by Crippen LogP contribution is 2.08. The van der Waals surface area contributed by atoms with Gasteiger partial charge in [-0.25, -0.2) is 9.97 Å². The van der Waals surface area contributed by atoms with Gasteiger partial charge in [0, 0.05) is 13.2 Å². The van der Waals surface area contributed by atoms with E-state index in [1.54, 1.807) is 6.92 Å². The summed E-state index contributed by atoms with van der Waals surface area (Å²) in [5.41, 5.74) is 0. The number of rotatable bonds is 3. The summed E-state index contributed by atoms with van der Waals surface area (Å²) in [6.07, 6.45) is 0.749. The number of nitrogens with zero attached hydrogens (tertiary/aromatic N) is 2. The summed E-state index contributed by atoms with van der Waals surface area (Å²) in [5, 5.41) is 2.81. The molecule has 0 spiro atoms. The molecule has 6 heteroatoms. The van der Waals surface area contributed by atoms with Gasteiger partial charge in [-0.2, -0.15) is 0 Å². The minimum atomic E-state index is -0.524. The maximum absolute atomic E-state index is 11.3. The number of aromatic nitrogens is 2. The van der Waals surface area contributed by atoms with Crippen molar-refractivity contribution in [1.29, 1.82) is 0 Å². The average molecular weight is 216 g/mol. The van der Waals surface area contributed by atoms with Crippen LogP contribution in [-0.2, 0) is 9.53 Å². The Balaban J connectivity index is 2.65. The van der Waals surface area contributed by atoms with Crippen LogP contribution in [0.25, 0.3) is 0 Å². The van der Waals surface area contributed by atoms with Crippen molar-refractivity contribution in [2.45, 2.75) is 13.0 Å². The van der Waals surface area contributed by atoms with Gasteiger partial charge < -0.3 is 10.1 Å². The Morgan fingerprint density at radius 1 is 1.64 bits per heavy atom. The van der Waals surface area contributed by atoms with E-state index in [-0.39, 0.29) is 11.1 Å². The second kappa shape index (κ2) is 4.88. The molecule has 0 aliphatic heterocycles. The molecule has 0 aliphatic rings. The van der Waals surface area contributed by atoms with Gasteiger partial charge in [-0.1, -0.05) is 11.6 Å². The van der Waals surface area contributed by atoms with Crippen molar-refractivity contribution in [2.24, 2.45) is 0 Å². The molecule has 1 rings (SSSR count). The van der Waals surface area contributed by atoms with E-state index in [0.717, 1.165) is 0 Å². The van der Waals surface area contributed by atoms with Crippen LogP contribution < -0.4 is 5.32 Å². The van der Waals surface area contributed by atoms with Crippen LogP contribution in [0.1, 0.15) is 6.92 Å². The van der Waals surface area contributed by atoms with Crippen LogP contribution in [0.4, 0.5) is 5.82 Å². The molecular weight excluding hydrogens is 206 g/mol. The summed E-state index contributed by atoms with van der Waals surface area (Å²) in [7, 11) is 1.46. The van der Waals surface area contributed by atoms with Gasteiger partial charge in [0.1, 0.15) is 23.4 Å². The molecule has 0 radical (unpaired) electrons. The Kier molecular flexibility index (Phi) is 3.79. The van der Waals surface area contributed by atoms with Crippen molar-refractivity contribution >= 4 is 23.3 Å².